The van der Waals surface area contributed by atoms with Crippen LogP contribution in [-0.4, -0.2) is 46.2 Å². The molecule has 1 aliphatic carbocycles. The first-order valence-corrected chi connectivity index (χ1v) is 12.5. The minimum absolute atomic E-state index is 0.0302. The van der Waals surface area contributed by atoms with Gasteiger partial charge in [0.2, 0.25) is 5.91 Å². The predicted molar refractivity (Wildman–Crippen MR) is 136 cm³/mol. The van der Waals surface area contributed by atoms with Crippen molar-refractivity contribution in [1.82, 2.24) is 14.9 Å². The average molecular weight is 490 g/mol. The van der Waals surface area contributed by atoms with Gasteiger partial charge in [-0.3, -0.25) is 4.79 Å². The molecule has 3 heterocycles. The number of ether oxygens (including phenoxy) is 1. The SMILES string of the molecule is CC(C)Oc1cc(N)c(C=N)cc1Nc1ncnc2sc3c(c12)CCC(C(=O)N1CC(C#N)C1)C3. The molecule has 4 N–H and O–H groups in total. The first-order chi connectivity index (χ1) is 16.9. The van der Waals surface area contributed by atoms with Gasteiger partial charge in [0.05, 0.1) is 29.2 Å². The van der Waals surface area contributed by atoms with Gasteiger partial charge in [0.1, 0.15) is 22.7 Å². The van der Waals surface area contributed by atoms with Crippen molar-refractivity contribution < 1.29 is 9.53 Å². The lowest BCUT2D eigenvalue weighted by Gasteiger charge is -2.38. The lowest BCUT2D eigenvalue weighted by atomic mass is 9.85. The summed E-state index contributed by atoms with van der Waals surface area (Å²) in [7, 11) is 0. The van der Waals surface area contributed by atoms with Crippen LogP contribution >= 0.6 is 11.3 Å². The predicted octanol–water partition coefficient (Wildman–Crippen LogP) is 3.89. The quantitative estimate of drug-likeness (QED) is 0.352. The second-order valence-electron chi connectivity index (χ2n) is 9.33. The maximum Gasteiger partial charge on any atom is 0.226 e. The van der Waals surface area contributed by atoms with Crippen molar-refractivity contribution in [1.29, 1.82) is 10.7 Å². The van der Waals surface area contributed by atoms with Crippen LogP contribution in [0, 0.1) is 28.6 Å². The van der Waals surface area contributed by atoms with E-state index >= 15 is 0 Å². The molecule has 180 valence electrons. The van der Waals surface area contributed by atoms with Crippen molar-refractivity contribution in [3.63, 3.8) is 0 Å². The number of likely N-dealkylation sites (tertiary alicyclic amines) is 1. The van der Waals surface area contributed by atoms with Gasteiger partial charge in [-0.2, -0.15) is 5.26 Å². The van der Waals surface area contributed by atoms with E-state index in [-0.39, 0.29) is 23.8 Å². The highest BCUT2D eigenvalue weighted by Crippen LogP contribution is 2.42. The first-order valence-electron chi connectivity index (χ1n) is 11.7. The summed E-state index contributed by atoms with van der Waals surface area (Å²) in [6.07, 6.45) is 4.92. The Morgan fingerprint density at radius 1 is 1.40 bits per heavy atom. The van der Waals surface area contributed by atoms with Crippen molar-refractivity contribution in [3.05, 3.63) is 34.5 Å². The van der Waals surface area contributed by atoms with Crippen LogP contribution in [0.4, 0.5) is 17.2 Å². The molecule has 2 aromatic heterocycles. The molecule has 1 aliphatic heterocycles. The van der Waals surface area contributed by atoms with Crippen LogP contribution in [0.15, 0.2) is 18.5 Å². The molecule has 1 atom stereocenters. The summed E-state index contributed by atoms with van der Waals surface area (Å²) in [6, 6.07) is 5.75. The molecular weight excluding hydrogens is 462 g/mol. The Balaban J connectivity index is 1.45. The van der Waals surface area contributed by atoms with E-state index < -0.39 is 0 Å². The number of nitrogens with two attached hydrogens (primary N) is 1. The van der Waals surface area contributed by atoms with Crippen molar-refractivity contribution in [2.45, 2.75) is 39.2 Å². The monoisotopic (exact) mass is 489 g/mol. The molecule has 1 saturated heterocycles. The molecule has 35 heavy (non-hydrogen) atoms. The fourth-order valence-corrected chi connectivity index (χ4v) is 6.00. The number of rotatable bonds is 6. The van der Waals surface area contributed by atoms with Gasteiger partial charge in [-0.05, 0) is 44.7 Å². The van der Waals surface area contributed by atoms with E-state index in [1.54, 1.807) is 23.5 Å². The van der Waals surface area contributed by atoms with Gasteiger partial charge in [-0.15, -0.1) is 11.3 Å². The third-order valence-corrected chi connectivity index (χ3v) is 7.69. The fraction of sp³-hybridized carbons (Fsp3) is 0.400. The number of hydrogen-bond donors (Lipinski definition) is 3. The van der Waals surface area contributed by atoms with Crippen LogP contribution in [0.25, 0.3) is 10.2 Å². The van der Waals surface area contributed by atoms with Gasteiger partial charge >= 0.3 is 0 Å². The number of carbonyl (C=O) groups excluding carboxylic acids is 1. The third-order valence-electron chi connectivity index (χ3n) is 6.53. The Morgan fingerprint density at radius 3 is 2.91 bits per heavy atom. The number of amides is 1. The van der Waals surface area contributed by atoms with E-state index in [1.165, 1.54) is 23.0 Å². The molecule has 10 heteroatoms. The number of aryl methyl sites for hydroxylation is 1. The van der Waals surface area contributed by atoms with E-state index in [0.29, 0.717) is 48.0 Å². The largest absolute Gasteiger partial charge is 0.489 e. The fourth-order valence-electron chi connectivity index (χ4n) is 4.73. The molecule has 1 unspecified atom stereocenters. The van der Waals surface area contributed by atoms with Crippen LogP contribution in [0.3, 0.4) is 0 Å². The van der Waals surface area contributed by atoms with E-state index in [0.717, 1.165) is 23.1 Å². The number of aromatic nitrogens is 2. The van der Waals surface area contributed by atoms with Gasteiger partial charge in [-0.1, -0.05) is 0 Å². The number of carbonyl (C=O) groups is 1. The summed E-state index contributed by atoms with van der Waals surface area (Å²) in [5.41, 5.74) is 9.02. The Bertz CT molecular complexity index is 1350. The second-order valence-corrected chi connectivity index (χ2v) is 10.4. The number of nitrogens with zero attached hydrogens (tertiary/aromatic N) is 4. The van der Waals surface area contributed by atoms with Gasteiger partial charge in [-0.25, -0.2) is 9.97 Å². The number of nitrogen functional groups attached to an aromatic ring is 1. The van der Waals surface area contributed by atoms with Gasteiger partial charge in [0, 0.05) is 47.4 Å². The number of benzene rings is 1. The Kier molecular flexibility index (Phi) is 6.03. The Morgan fingerprint density at radius 2 is 2.20 bits per heavy atom. The van der Waals surface area contributed by atoms with Crippen molar-refractivity contribution >= 4 is 50.9 Å². The molecule has 9 nitrogen and oxygen atoms in total. The summed E-state index contributed by atoms with van der Waals surface area (Å²) < 4.78 is 5.98. The van der Waals surface area contributed by atoms with Gasteiger partial charge in [0.15, 0.2) is 0 Å². The third kappa shape index (κ3) is 4.28. The standard InChI is InChI=1S/C25H27N7O2S/c1-13(2)34-20-7-18(28)16(9-27)5-19(20)31-23-22-17-4-3-15(25(33)32-10-14(8-26)11-32)6-21(17)35-24(22)30-12-29-23/h5,7,9,12-15,27H,3-4,6,10-11,28H2,1-2H3,(H,29,30,31). The average Bonchev–Trinajstić information content (AvgIpc) is 3.18. The van der Waals surface area contributed by atoms with E-state index in [2.05, 4.69) is 21.4 Å². The highest BCUT2D eigenvalue weighted by Gasteiger charge is 2.37. The maximum absolute atomic E-state index is 12.9. The minimum Gasteiger partial charge on any atom is -0.489 e. The molecule has 0 spiro atoms. The maximum atomic E-state index is 12.9. The van der Waals surface area contributed by atoms with Crippen LogP contribution < -0.4 is 15.8 Å². The Labute approximate surface area is 207 Å². The molecule has 3 aromatic rings. The van der Waals surface area contributed by atoms with E-state index in [4.69, 9.17) is 21.1 Å². The summed E-state index contributed by atoms with van der Waals surface area (Å²) in [5.74, 6) is 1.33. The first kappa shape index (κ1) is 23.1. The Hall–Kier alpha value is -3.71. The van der Waals surface area contributed by atoms with Crippen LogP contribution in [0.5, 0.6) is 5.75 Å². The molecule has 2 aliphatic rings. The van der Waals surface area contributed by atoms with Crippen LogP contribution in [-0.2, 0) is 17.6 Å². The zero-order valence-electron chi connectivity index (χ0n) is 19.7. The molecule has 5 rings (SSSR count). The molecule has 1 aromatic carbocycles. The number of nitriles is 1. The lowest BCUT2D eigenvalue weighted by molar-refractivity contribution is -0.141. The summed E-state index contributed by atoms with van der Waals surface area (Å²) in [5, 5.41) is 21.1. The van der Waals surface area contributed by atoms with Gasteiger partial charge in [0.25, 0.3) is 0 Å². The van der Waals surface area contributed by atoms with Crippen molar-refractivity contribution in [2.24, 2.45) is 11.8 Å². The highest BCUT2D eigenvalue weighted by atomic mass is 32.1. The zero-order valence-corrected chi connectivity index (χ0v) is 20.5. The van der Waals surface area contributed by atoms with Crippen molar-refractivity contribution in [3.8, 4) is 11.8 Å². The lowest BCUT2D eigenvalue weighted by Crippen LogP contribution is -2.52. The molecule has 0 bridgehead atoms. The van der Waals surface area contributed by atoms with E-state index in [1.807, 2.05) is 18.7 Å². The summed E-state index contributed by atoms with van der Waals surface area (Å²) in [6.45, 7) is 4.98. The summed E-state index contributed by atoms with van der Waals surface area (Å²) >= 11 is 1.61. The summed E-state index contributed by atoms with van der Waals surface area (Å²) in [4.78, 5) is 25.8. The smallest absolute Gasteiger partial charge is 0.226 e. The number of hydrogen-bond acceptors (Lipinski definition) is 9. The minimum atomic E-state index is -0.0575. The molecular formula is C25H27N7O2S. The highest BCUT2D eigenvalue weighted by molar-refractivity contribution is 7.19. The van der Waals surface area contributed by atoms with Crippen molar-refractivity contribution in [2.75, 3.05) is 24.1 Å². The number of thiophene rings is 1. The van der Waals surface area contributed by atoms with Crippen LogP contribution in [0.1, 0.15) is 36.3 Å². The van der Waals surface area contributed by atoms with Gasteiger partial charge < -0.3 is 26.1 Å². The topological polar surface area (TPSA) is 141 Å². The molecule has 0 radical (unpaired) electrons. The zero-order chi connectivity index (χ0) is 24.7. The van der Waals surface area contributed by atoms with Crippen LogP contribution in [0.2, 0.25) is 0 Å². The molecule has 1 fully saturated rings. The number of fused-ring (bicyclic) bond motifs is 3. The van der Waals surface area contributed by atoms with E-state index in [9.17, 15) is 4.79 Å². The number of nitrogens with one attached hydrogen (secondary N) is 2. The molecule has 1 amide bonds. The normalized spacial score (nSPS) is 17.5. The molecule has 0 saturated carbocycles. The second kappa shape index (κ2) is 9.15. The number of anilines is 3.